The average molecular weight is 275 g/mol. The molecule has 0 unspecified atom stereocenters. The number of halogens is 2. The van der Waals surface area contributed by atoms with Gasteiger partial charge in [0.05, 0.1) is 5.92 Å². The largest absolute Gasteiger partial charge is 0.489 e. The molecule has 0 aromatic heterocycles. The number of ether oxygens (including phenoxy) is 1. The summed E-state index contributed by atoms with van der Waals surface area (Å²) in [6, 6.07) is 2.85. The molecule has 0 amide bonds. The lowest BCUT2D eigenvalue weighted by Crippen LogP contribution is -2.28. The minimum Gasteiger partial charge on any atom is -0.489 e. The van der Waals surface area contributed by atoms with Gasteiger partial charge in [-0.3, -0.25) is 4.79 Å². The van der Waals surface area contributed by atoms with Crippen LogP contribution in [0.3, 0.4) is 0 Å². The van der Waals surface area contributed by atoms with Gasteiger partial charge in [-0.15, -0.1) is 0 Å². The molecule has 0 spiro atoms. The molecule has 0 radical (unpaired) electrons. The standard InChI is InChI=1S/C10H8BrFO3/c11-7-1-2-8(12)9-6(7)3-5(4-15-9)10(13)14/h1-2,5H,3-4H2,(H,13,14)/t5-/m0/s1. The van der Waals surface area contributed by atoms with Crippen molar-refractivity contribution in [3.63, 3.8) is 0 Å². The molecule has 3 nitrogen and oxygen atoms in total. The van der Waals surface area contributed by atoms with Crippen molar-refractivity contribution in [3.8, 4) is 5.75 Å². The van der Waals surface area contributed by atoms with Crippen LogP contribution >= 0.6 is 15.9 Å². The van der Waals surface area contributed by atoms with Crippen molar-refractivity contribution in [1.29, 1.82) is 0 Å². The minimum atomic E-state index is -0.920. The zero-order valence-corrected chi connectivity index (χ0v) is 9.25. The van der Waals surface area contributed by atoms with E-state index in [1.807, 2.05) is 0 Å². The third kappa shape index (κ3) is 1.84. The summed E-state index contributed by atoms with van der Waals surface area (Å²) in [5.74, 6) is -1.80. The summed E-state index contributed by atoms with van der Waals surface area (Å²) in [5, 5.41) is 8.83. The highest BCUT2D eigenvalue weighted by atomic mass is 79.9. The van der Waals surface area contributed by atoms with Crippen molar-refractivity contribution in [2.24, 2.45) is 5.92 Å². The Morgan fingerprint density at radius 3 is 3.00 bits per heavy atom. The van der Waals surface area contributed by atoms with Gasteiger partial charge in [0.15, 0.2) is 11.6 Å². The van der Waals surface area contributed by atoms with E-state index in [-0.39, 0.29) is 12.4 Å². The Labute approximate surface area is 94.0 Å². The molecule has 1 aliphatic heterocycles. The van der Waals surface area contributed by atoms with E-state index in [9.17, 15) is 9.18 Å². The van der Waals surface area contributed by atoms with Gasteiger partial charge in [0.1, 0.15) is 6.61 Å². The Hall–Kier alpha value is -1.10. The summed E-state index contributed by atoms with van der Waals surface area (Å²) in [4.78, 5) is 10.8. The number of benzene rings is 1. The van der Waals surface area contributed by atoms with E-state index in [0.29, 0.717) is 16.5 Å². The maximum Gasteiger partial charge on any atom is 0.310 e. The molecule has 1 aliphatic rings. The normalized spacial score (nSPS) is 19.2. The van der Waals surface area contributed by atoms with Gasteiger partial charge < -0.3 is 9.84 Å². The van der Waals surface area contributed by atoms with Crippen LogP contribution in [0.4, 0.5) is 4.39 Å². The lowest BCUT2D eigenvalue weighted by Gasteiger charge is -2.23. The molecule has 1 heterocycles. The third-order valence-electron chi connectivity index (χ3n) is 2.38. The van der Waals surface area contributed by atoms with Crippen molar-refractivity contribution in [2.75, 3.05) is 6.61 Å². The molecule has 0 saturated carbocycles. The van der Waals surface area contributed by atoms with Gasteiger partial charge in [0.25, 0.3) is 0 Å². The predicted octanol–water partition coefficient (Wildman–Crippen LogP) is 2.22. The molecule has 2 rings (SSSR count). The van der Waals surface area contributed by atoms with Gasteiger partial charge >= 0.3 is 5.97 Å². The van der Waals surface area contributed by atoms with Crippen molar-refractivity contribution >= 4 is 21.9 Å². The Balaban J connectivity index is 2.41. The third-order valence-corrected chi connectivity index (χ3v) is 3.13. The van der Waals surface area contributed by atoms with Crippen LogP contribution in [0.15, 0.2) is 16.6 Å². The fraction of sp³-hybridized carbons (Fsp3) is 0.300. The van der Waals surface area contributed by atoms with Gasteiger partial charge in [-0.1, -0.05) is 15.9 Å². The van der Waals surface area contributed by atoms with Crippen LogP contribution in [0.5, 0.6) is 5.75 Å². The summed E-state index contributed by atoms with van der Waals surface area (Å²) in [5.41, 5.74) is 0.591. The summed E-state index contributed by atoms with van der Waals surface area (Å²) in [7, 11) is 0. The number of hydrogen-bond acceptors (Lipinski definition) is 2. The van der Waals surface area contributed by atoms with E-state index in [2.05, 4.69) is 15.9 Å². The molecule has 1 atom stereocenters. The van der Waals surface area contributed by atoms with Crippen LogP contribution in [0.2, 0.25) is 0 Å². The first-order valence-electron chi connectivity index (χ1n) is 4.42. The van der Waals surface area contributed by atoms with Gasteiger partial charge in [0.2, 0.25) is 0 Å². The summed E-state index contributed by atoms with van der Waals surface area (Å²) < 4.78 is 19.1. The van der Waals surface area contributed by atoms with E-state index >= 15 is 0 Å². The van der Waals surface area contributed by atoms with E-state index in [4.69, 9.17) is 9.84 Å². The Bertz CT molecular complexity index is 419. The van der Waals surface area contributed by atoms with Crippen LogP contribution in [0, 0.1) is 11.7 Å². The molecular formula is C10H8BrFO3. The van der Waals surface area contributed by atoms with Crippen LogP contribution in [0.1, 0.15) is 5.56 Å². The van der Waals surface area contributed by atoms with Gasteiger partial charge in [-0.05, 0) is 18.6 Å². The second kappa shape index (κ2) is 3.81. The zero-order chi connectivity index (χ0) is 11.0. The fourth-order valence-electron chi connectivity index (χ4n) is 1.57. The fourth-order valence-corrected chi connectivity index (χ4v) is 2.04. The molecule has 0 fully saturated rings. The van der Waals surface area contributed by atoms with Gasteiger partial charge in [-0.25, -0.2) is 4.39 Å². The van der Waals surface area contributed by atoms with Crippen LogP contribution in [-0.4, -0.2) is 17.7 Å². The number of rotatable bonds is 1. The van der Waals surface area contributed by atoms with E-state index < -0.39 is 17.7 Å². The maximum atomic E-state index is 13.3. The van der Waals surface area contributed by atoms with Crippen molar-refractivity contribution < 1.29 is 19.0 Å². The molecule has 1 aromatic rings. The first kappa shape index (κ1) is 10.4. The number of carboxylic acid groups (broad SMARTS) is 1. The van der Waals surface area contributed by atoms with Crippen molar-refractivity contribution in [3.05, 3.63) is 28.0 Å². The zero-order valence-electron chi connectivity index (χ0n) is 7.67. The molecule has 0 aliphatic carbocycles. The molecule has 15 heavy (non-hydrogen) atoms. The summed E-state index contributed by atoms with van der Waals surface area (Å²) in [6.07, 6.45) is 0.295. The van der Waals surface area contributed by atoms with E-state index in [1.165, 1.54) is 6.07 Å². The molecule has 0 saturated heterocycles. The molecule has 1 aromatic carbocycles. The molecular weight excluding hydrogens is 267 g/mol. The minimum absolute atomic E-state index is 0.0235. The Morgan fingerprint density at radius 2 is 2.33 bits per heavy atom. The molecule has 0 bridgehead atoms. The Kier molecular flexibility index (Phi) is 2.65. The number of aliphatic carboxylic acids is 1. The second-order valence-electron chi connectivity index (χ2n) is 3.39. The SMILES string of the molecule is O=C(O)[C@@H]1COc2c(F)ccc(Br)c2C1. The van der Waals surface area contributed by atoms with E-state index in [1.54, 1.807) is 6.07 Å². The highest BCUT2D eigenvalue weighted by Crippen LogP contribution is 2.35. The molecule has 80 valence electrons. The van der Waals surface area contributed by atoms with E-state index in [0.717, 1.165) is 0 Å². The quantitative estimate of drug-likeness (QED) is 0.854. The number of fused-ring (bicyclic) bond motifs is 1. The lowest BCUT2D eigenvalue weighted by molar-refractivity contribution is -0.143. The molecule has 5 heteroatoms. The smallest absolute Gasteiger partial charge is 0.310 e. The predicted molar refractivity (Wildman–Crippen MR) is 54.4 cm³/mol. The second-order valence-corrected chi connectivity index (χ2v) is 4.24. The monoisotopic (exact) mass is 274 g/mol. The first-order chi connectivity index (χ1) is 7.09. The van der Waals surface area contributed by atoms with Gasteiger partial charge in [0, 0.05) is 10.0 Å². The van der Waals surface area contributed by atoms with Crippen LogP contribution in [0.25, 0.3) is 0 Å². The average Bonchev–Trinajstić information content (AvgIpc) is 2.23. The summed E-state index contributed by atoms with van der Waals surface area (Å²) in [6.45, 7) is 0.0235. The highest BCUT2D eigenvalue weighted by Gasteiger charge is 2.28. The van der Waals surface area contributed by atoms with Crippen LogP contribution < -0.4 is 4.74 Å². The lowest BCUT2D eigenvalue weighted by atomic mass is 9.97. The van der Waals surface area contributed by atoms with Crippen molar-refractivity contribution in [2.45, 2.75) is 6.42 Å². The van der Waals surface area contributed by atoms with Crippen LogP contribution in [-0.2, 0) is 11.2 Å². The first-order valence-corrected chi connectivity index (χ1v) is 5.21. The molecule has 1 N–H and O–H groups in total. The Morgan fingerprint density at radius 1 is 1.60 bits per heavy atom. The number of carboxylic acids is 1. The summed E-state index contributed by atoms with van der Waals surface area (Å²) >= 11 is 3.25. The topological polar surface area (TPSA) is 46.5 Å². The number of carbonyl (C=O) groups is 1. The van der Waals surface area contributed by atoms with Gasteiger partial charge in [-0.2, -0.15) is 0 Å². The maximum absolute atomic E-state index is 13.3. The van der Waals surface area contributed by atoms with Crippen molar-refractivity contribution in [1.82, 2.24) is 0 Å². The number of hydrogen-bond donors (Lipinski definition) is 1. The highest BCUT2D eigenvalue weighted by molar-refractivity contribution is 9.10.